The van der Waals surface area contributed by atoms with Crippen molar-refractivity contribution < 1.29 is 9.53 Å². The normalized spacial score (nSPS) is 12.1. The molecule has 144 valence electrons. The predicted octanol–water partition coefficient (Wildman–Crippen LogP) is 4.35. The second-order valence-electron chi connectivity index (χ2n) is 8.60. The topological polar surface area (TPSA) is 26.3 Å². The molecule has 0 saturated carbocycles. The maximum absolute atomic E-state index is 12.2. The zero-order chi connectivity index (χ0) is 20.2. The van der Waals surface area contributed by atoms with Crippen LogP contribution < -0.4 is 10.2 Å². The lowest BCUT2D eigenvalue weighted by Gasteiger charge is -2.34. The Balaban J connectivity index is 2.33. The van der Waals surface area contributed by atoms with E-state index >= 15 is 0 Å². The van der Waals surface area contributed by atoms with Crippen LogP contribution in [0.25, 0.3) is 0 Å². The van der Waals surface area contributed by atoms with E-state index in [-0.39, 0.29) is 23.2 Å². The van der Waals surface area contributed by atoms with Crippen molar-refractivity contribution in [1.82, 2.24) is 0 Å². The third-order valence-corrected chi connectivity index (χ3v) is 5.73. The Labute approximate surface area is 165 Å². The molecule has 2 aromatic carbocycles. The standard InChI is InChI=1S/C24H33BO2/c1-7-24(8-2,18-9-12-20(25)13-10-18)19-11-14-21(17(3)15-19)27-16-22(26)23(4,5)6/h9-15H,7-8,16,25H2,1-6H3. The monoisotopic (exact) mass is 364 g/mol. The molecule has 0 aliphatic rings. The predicted molar refractivity (Wildman–Crippen MR) is 117 cm³/mol. The highest BCUT2D eigenvalue weighted by molar-refractivity contribution is 6.32. The van der Waals surface area contributed by atoms with Crippen molar-refractivity contribution in [3.63, 3.8) is 0 Å². The van der Waals surface area contributed by atoms with Crippen LogP contribution in [0.5, 0.6) is 5.75 Å². The van der Waals surface area contributed by atoms with Gasteiger partial charge in [-0.05, 0) is 42.5 Å². The molecule has 2 rings (SSSR count). The molecule has 0 N–H and O–H groups in total. The molecule has 0 amide bonds. The molecule has 0 aliphatic heterocycles. The zero-order valence-electron chi connectivity index (χ0n) is 18.0. The summed E-state index contributed by atoms with van der Waals surface area (Å²) in [6, 6.07) is 15.3. The number of carbonyl (C=O) groups excluding carboxylic acids is 1. The smallest absolute Gasteiger partial charge is 0.175 e. The van der Waals surface area contributed by atoms with Crippen LogP contribution in [-0.2, 0) is 10.2 Å². The molecule has 2 aromatic rings. The molecule has 3 heteroatoms. The number of ketones is 1. The largest absolute Gasteiger partial charge is 0.486 e. The number of Topliss-reactive ketones (excluding diaryl/α,β-unsaturated/α-hetero) is 1. The first-order chi connectivity index (χ1) is 12.6. The third-order valence-electron chi connectivity index (χ3n) is 5.73. The first-order valence-electron chi connectivity index (χ1n) is 9.98. The van der Waals surface area contributed by atoms with Crippen molar-refractivity contribution in [2.75, 3.05) is 6.61 Å². The first kappa shape index (κ1) is 21.3. The number of carbonyl (C=O) groups is 1. The summed E-state index contributed by atoms with van der Waals surface area (Å²) in [5.74, 6) is 0.906. The van der Waals surface area contributed by atoms with Crippen LogP contribution in [0.4, 0.5) is 0 Å². The van der Waals surface area contributed by atoms with E-state index in [4.69, 9.17) is 4.74 Å². The Hall–Kier alpha value is -2.03. The molecule has 0 saturated heterocycles. The minimum absolute atomic E-state index is 0.00177. The molecular weight excluding hydrogens is 331 g/mol. The summed E-state index contributed by atoms with van der Waals surface area (Å²) in [6.07, 6.45) is 2.07. The van der Waals surface area contributed by atoms with Crippen LogP contribution in [0.2, 0.25) is 0 Å². The van der Waals surface area contributed by atoms with Crippen LogP contribution >= 0.6 is 0 Å². The fraction of sp³-hybridized carbons (Fsp3) is 0.458. The highest BCUT2D eigenvalue weighted by atomic mass is 16.5. The number of aryl methyl sites for hydroxylation is 1. The lowest BCUT2D eigenvalue weighted by Crippen LogP contribution is -2.27. The van der Waals surface area contributed by atoms with Gasteiger partial charge in [0.1, 0.15) is 20.2 Å². The molecule has 0 spiro atoms. The maximum atomic E-state index is 12.2. The zero-order valence-corrected chi connectivity index (χ0v) is 18.0. The number of benzene rings is 2. The van der Waals surface area contributed by atoms with Gasteiger partial charge in [0.15, 0.2) is 5.78 Å². The number of hydrogen-bond acceptors (Lipinski definition) is 2. The van der Waals surface area contributed by atoms with Gasteiger partial charge in [0.2, 0.25) is 0 Å². The minimum atomic E-state index is -0.376. The van der Waals surface area contributed by atoms with Gasteiger partial charge >= 0.3 is 0 Å². The van der Waals surface area contributed by atoms with Crippen molar-refractivity contribution in [1.29, 1.82) is 0 Å². The van der Waals surface area contributed by atoms with Crippen molar-refractivity contribution >= 4 is 19.1 Å². The van der Waals surface area contributed by atoms with Gasteiger partial charge in [-0.2, -0.15) is 0 Å². The molecule has 0 aromatic heterocycles. The van der Waals surface area contributed by atoms with E-state index in [1.165, 1.54) is 16.6 Å². The summed E-state index contributed by atoms with van der Waals surface area (Å²) < 4.78 is 5.83. The van der Waals surface area contributed by atoms with E-state index in [0.29, 0.717) is 0 Å². The van der Waals surface area contributed by atoms with Gasteiger partial charge in [-0.1, -0.05) is 76.5 Å². The number of hydrogen-bond donors (Lipinski definition) is 0. The number of rotatable bonds is 7. The van der Waals surface area contributed by atoms with Crippen LogP contribution in [0, 0.1) is 12.3 Å². The van der Waals surface area contributed by atoms with Crippen LogP contribution in [0.15, 0.2) is 42.5 Å². The Kier molecular flexibility index (Phi) is 6.57. The van der Waals surface area contributed by atoms with E-state index in [1.807, 2.05) is 26.8 Å². The molecule has 0 radical (unpaired) electrons. The molecular formula is C24H33BO2. The van der Waals surface area contributed by atoms with Crippen LogP contribution in [0.1, 0.15) is 64.2 Å². The maximum Gasteiger partial charge on any atom is 0.175 e. The van der Waals surface area contributed by atoms with E-state index < -0.39 is 0 Å². The summed E-state index contributed by atoms with van der Waals surface area (Å²) >= 11 is 0. The lowest BCUT2D eigenvalue weighted by atomic mass is 9.70. The molecule has 27 heavy (non-hydrogen) atoms. The van der Waals surface area contributed by atoms with Crippen molar-refractivity contribution in [2.45, 2.75) is 59.8 Å². The van der Waals surface area contributed by atoms with Crippen LogP contribution in [-0.4, -0.2) is 20.2 Å². The van der Waals surface area contributed by atoms with E-state index in [9.17, 15) is 4.79 Å². The van der Waals surface area contributed by atoms with Gasteiger partial charge in [0.05, 0.1) is 0 Å². The molecule has 0 fully saturated rings. The molecule has 2 nitrogen and oxygen atoms in total. The van der Waals surface area contributed by atoms with Crippen LogP contribution in [0.3, 0.4) is 0 Å². The van der Waals surface area contributed by atoms with Gasteiger partial charge in [-0.15, -0.1) is 0 Å². The lowest BCUT2D eigenvalue weighted by molar-refractivity contribution is -0.128. The van der Waals surface area contributed by atoms with E-state index in [0.717, 1.165) is 24.2 Å². The second-order valence-corrected chi connectivity index (χ2v) is 8.60. The Morgan fingerprint density at radius 3 is 2.00 bits per heavy atom. The average Bonchev–Trinajstić information content (AvgIpc) is 2.62. The highest BCUT2D eigenvalue weighted by Crippen LogP contribution is 2.40. The average molecular weight is 364 g/mol. The fourth-order valence-electron chi connectivity index (χ4n) is 3.57. The van der Waals surface area contributed by atoms with Gasteiger partial charge < -0.3 is 4.74 Å². The van der Waals surface area contributed by atoms with Crippen molar-refractivity contribution in [3.05, 3.63) is 59.2 Å². The number of ether oxygens (including phenoxy) is 1. The van der Waals surface area contributed by atoms with Crippen molar-refractivity contribution in [2.24, 2.45) is 5.41 Å². The van der Waals surface area contributed by atoms with Crippen molar-refractivity contribution in [3.8, 4) is 5.75 Å². The Bertz CT molecular complexity index is 781. The Morgan fingerprint density at radius 1 is 0.963 bits per heavy atom. The quantitative estimate of drug-likeness (QED) is 0.683. The molecule has 0 aliphatic carbocycles. The molecule has 0 unspecified atom stereocenters. The molecule has 0 bridgehead atoms. The minimum Gasteiger partial charge on any atom is -0.486 e. The van der Waals surface area contributed by atoms with Gasteiger partial charge in [0.25, 0.3) is 0 Å². The third kappa shape index (κ3) is 4.64. The fourth-order valence-corrected chi connectivity index (χ4v) is 3.57. The highest BCUT2D eigenvalue weighted by Gasteiger charge is 2.31. The van der Waals surface area contributed by atoms with Gasteiger partial charge in [0, 0.05) is 10.8 Å². The van der Waals surface area contributed by atoms with Gasteiger partial charge in [-0.25, -0.2) is 0 Å². The van der Waals surface area contributed by atoms with Gasteiger partial charge in [-0.3, -0.25) is 4.79 Å². The molecule has 0 heterocycles. The van der Waals surface area contributed by atoms with E-state index in [1.54, 1.807) is 0 Å². The summed E-state index contributed by atoms with van der Waals surface area (Å²) in [5.41, 5.74) is 4.64. The molecule has 0 atom stereocenters. The summed E-state index contributed by atoms with van der Waals surface area (Å²) in [6.45, 7) is 12.5. The Morgan fingerprint density at radius 2 is 1.52 bits per heavy atom. The summed E-state index contributed by atoms with van der Waals surface area (Å²) in [4.78, 5) is 12.2. The SMILES string of the molecule is Bc1ccc(C(CC)(CC)c2ccc(OCC(=O)C(C)(C)C)c(C)c2)cc1. The second kappa shape index (κ2) is 8.33. The summed E-state index contributed by atoms with van der Waals surface area (Å²) in [5, 5.41) is 0. The summed E-state index contributed by atoms with van der Waals surface area (Å²) in [7, 11) is 2.12. The van der Waals surface area contributed by atoms with E-state index in [2.05, 4.69) is 65.0 Å². The first-order valence-corrected chi connectivity index (χ1v) is 9.98.